The van der Waals surface area contributed by atoms with Crippen molar-refractivity contribution < 1.29 is 19.1 Å². The number of nitrogens with zero attached hydrogens (tertiary/aromatic N) is 1. The molecule has 0 heterocycles. The van der Waals surface area contributed by atoms with Crippen molar-refractivity contribution in [3.05, 3.63) is 78.4 Å². The van der Waals surface area contributed by atoms with Gasteiger partial charge in [0.15, 0.2) is 5.75 Å². The number of hydrogen-bond donors (Lipinski definition) is 0. The van der Waals surface area contributed by atoms with Crippen LogP contribution < -0.4 is 14.4 Å². The van der Waals surface area contributed by atoms with E-state index in [9.17, 15) is 9.59 Å². The van der Waals surface area contributed by atoms with E-state index in [4.69, 9.17) is 9.47 Å². The van der Waals surface area contributed by atoms with Crippen LogP contribution in [0, 0.1) is 0 Å². The van der Waals surface area contributed by atoms with Crippen molar-refractivity contribution >= 4 is 29.9 Å². The van der Waals surface area contributed by atoms with Gasteiger partial charge in [0.2, 0.25) is 0 Å². The van der Waals surface area contributed by atoms with Crippen molar-refractivity contribution in [3.63, 3.8) is 0 Å². The van der Waals surface area contributed by atoms with Crippen LogP contribution in [0.5, 0.6) is 11.5 Å². The largest absolute Gasteiger partial charge is 0.427 e. The highest BCUT2D eigenvalue weighted by Crippen LogP contribution is 2.32. The van der Waals surface area contributed by atoms with E-state index in [1.807, 2.05) is 42.5 Å². The average molecular weight is 393 g/mol. The minimum absolute atomic E-state index is 0.295. The van der Waals surface area contributed by atoms with Crippen LogP contribution >= 0.6 is 11.8 Å². The van der Waals surface area contributed by atoms with E-state index < -0.39 is 5.97 Å². The number of carbonyl (C=O) groups is 2. The second-order valence-corrected chi connectivity index (χ2v) is 7.18. The van der Waals surface area contributed by atoms with Crippen LogP contribution in [0.25, 0.3) is 0 Å². The highest BCUT2D eigenvalue weighted by Gasteiger charge is 2.19. The van der Waals surface area contributed by atoms with Crippen molar-refractivity contribution in [2.75, 3.05) is 19.0 Å². The first-order valence-electron chi connectivity index (χ1n) is 8.54. The molecule has 0 saturated heterocycles. The lowest BCUT2D eigenvalue weighted by atomic mass is 10.1. The molecule has 6 heteroatoms. The molecule has 3 aromatic carbocycles. The number of benzene rings is 3. The first-order chi connectivity index (χ1) is 13.6. The van der Waals surface area contributed by atoms with Crippen LogP contribution in [0.1, 0.15) is 10.4 Å². The lowest BCUT2D eigenvalue weighted by molar-refractivity contribution is -0.120. The summed E-state index contributed by atoms with van der Waals surface area (Å²) < 4.78 is 10.5. The Morgan fingerprint density at radius 2 is 1.57 bits per heavy atom. The van der Waals surface area contributed by atoms with Crippen LogP contribution in [0.15, 0.2) is 82.6 Å². The normalized spacial score (nSPS) is 10.2. The van der Waals surface area contributed by atoms with E-state index in [1.54, 1.807) is 61.1 Å². The second-order valence-electron chi connectivity index (χ2n) is 6.04. The maximum absolute atomic E-state index is 12.7. The van der Waals surface area contributed by atoms with Crippen molar-refractivity contribution in [1.82, 2.24) is 0 Å². The summed E-state index contributed by atoms with van der Waals surface area (Å²) in [6, 6.07) is 22.2. The first-order valence-corrected chi connectivity index (χ1v) is 9.36. The molecular formula is C22H19NO4S. The lowest BCUT2D eigenvalue weighted by Crippen LogP contribution is -2.18. The van der Waals surface area contributed by atoms with E-state index in [-0.39, 0.29) is 0 Å². The molecule has 142 valence electrons. The molecule has 0 N–H and O–H groups in total. The zero-order valence-corrected chi connectivity index (χ0v) is 16.3. The Kier molecular flexibility index (Phi) is 6.34. The van der Waals surface area contributed by atoms with Gasteiger partial charge in [0.05, 0.1) is 11.3 Å². The molecule has 28 heavy (non-hydrogen) atoms. The van der Waals surface area contributed by atoms with Gasteiger partial charge in [-0.3, -0.25) is 4.79 Å². The van der Waals surface area contributed by atoms with E-state index >= 15 is 0 Å². The number of esters is 1. The third-order valence-corrected chi connectivity index (χ3v) is 4.87. The summed E-state index contributed by atoms with van der Waals surface area (Å²) in [5.74, 6) is 0.210. The Morgan fingerprint density at radius 3 is 2.21 bits per heavy atom. The van der Waals surface area contributed by atoms with Crippen molar-refractivity contribution in [2.24, 2.45) is 0 Å². The zero-order chi connectivity index (χ0) is 19.9. The fourth-order valence-electron chi connectivity index (χ4n) is 2.66. The lowest BCUT2D eigenvalue weighted by Gasteiger charge is -2.19. The number of carbonyl (C=O) groups excluding carboxylic acids is 2. The molecule has 0 amide bonds. The summed E-state index contributed by atoms with van der Waals surface area (Å²) in [5.41, 5.74) is 0.794. The van der Waals surface area contributed by atoms with Gasteiger partial charge in [0.1, 0.15) is 5.75 Å². The maximum Gasteiger partial charge on any atom is 0.345 e. The summed E-state index contributed by atoms with van der Waals surface area (Å²) in [7, 11) is 3.53. The number of ether oxygens (including phenoxy) is 2. The Hall–Kier alpha value is -3.25. The molecule has 0 aliphatic carbocycles. The third-order valence-electron chi connectivity index (χ3n) is 3.85. The molecule has 0 fully saturated rings. The number of para-hydroxylation sites is 1. The highest BCUT2D eigenvalue weighted by molar-refractivity contribution is 7.99. The maximum atomic E-state index is 12.7. The van der Waals surface area contributed by atoms with Crippen molar-refractivity contribution in [2.45, 2.75) is 9.79 Å². The molecule has 0 aromatic heterocycles. The van der Waals surface area contributed by atoms with Gasteiger partial charge in [-0.2, -0.15) is 0 Å². The molecule has 0 spiro atoms. The summed E-state index contributed by atoms with van der Waals surface area (Å²) in [5, 5.41) is 0. The van der Waals surface area contributed by atoms with Gasteiger partial charge in [-0.1, -0.05) is 36.0 Å². The topological polar surface area (TPSA) is 55.8 Å². The predicted octanol–water partition coefficient (Wildman–Crippen LogP) is 4.66. The summed E-state index contributed by atoms with van der Waals surface area (Å²) in [4.78, 5) is 27.3. The molecule has 0 bridgehead atoms. The molecule has 0 radical (unpaired) electrons. The molecule has 3 rings (SSSR count). The average Bonchev–Trinajstić information content (AvgIpc) is 2.70. The van der Waals surface area contributed by atoms with Crippen LogP contribution in [0.2, 0.25) is 0 Å². The van der Waals surface area contributed by atoms with Crippen molar-refractivity contribution in [3.8, 4) is 11.5 Å². The minimum atomic E-state index is -0.525. The molecule has 0 unspecified atom stereocenters. The monoisotopic (exact) mass is 393 g/mol. The van der Waals surface area contributed by atoms with Gasteiger partial charge in [0.25, 0.3) is 6.47 Å². The summed E-state index contributed by atoms with van der Waals surface area (Å²) >= 11 is 1.63. The Balaban J connectivity index is 1.76. The molecule has 0 aliphatic rings. The highest BCUT2D eigenvalue weighted by atomic mass is 32.2. The van der Waals surface area contributed by atoms with Gasteiger partial charge in [0, 0.05) is 23.9 Å². The Labute approximate surface area is 167 Å². The van der Waals surface area contributed by atoms with E-state index in [0.717, 1.165) is 9.79 Å². The van der Waals surface area contributed by atoms with Crippen LogP contribution in [0.4, 0.5) is 5.69 Å². The predicted molar refractivity (Wildman–Crippen MR) is 109 cm³/mol. The minimum Gasteiger partial charge on any atom is -0.427 e. The quantitative estimate of drug-likeness (QED) is 0.331. The smallest absolute Gasteiger partial charge is 0.345 e. The van der Waals surface area contributed by atoms with Gasteiger partial charge in [-0.15, -0.1) is 0 Å². The summed E-state index contributed by atoms with van der Waals surface area (Å²) in [6.07, 6.45) is 0. The molecule has 3 aromatic rings. The fraction of sp³-hybridized carbons (Fsp3) is 0.0909. The fourth-order valence-corrected chi connectivity index (χ4v) is 3.50. The Morgan fingerprint density at radius 1 is 0.893 bits per heavy atom. The standard InChI is InChI=1S/C22H19NO4S/c1-23(2)21-19(9-6-10-20(21)26-15-24)22(25)27-16-11-13-18(14-12-16)28-17-7-4-3-5-8-17/h3-15H,1-2H3. The van der Waals surface area contributed by atoms with Gasteiger partial charge in [-0.25, -0.2) is 4.79 Å². The molecule has 0 aliphatic heterocycles. The van der Waals surface area contributed by atoms with Crippen LogP contribution in [-0.2, 0) is 4.79 Å². The van der Waals surface area contributed by atoms with Gasteiger partial charge in [-0.05, 0) is 48.5 Å². The molecular weight excluding hydrogens is 374 g/mol. The zero-order valence-electron chi connectivity index (χ0n) is 15.5. The molecule has 5 nitrogen and oxygen atoms in total. The van der Waals surface area contributed by atoms with Gasteiger partial charge < -0.3 is 14.4 Å². The van der Waals surface area contributed by atoms with E-state index in [2.05, 4.69) is 0 Å². The van der Waals surface area contributed by atoms with Crippen molar-refractivity contribution in [1.29, 1.82) is 0 Å². The summed E-state index contributed by atoms with van der Waals surface area (Å²) in [6.45, 7) is 0.334. The first kappa shape index (κ1) is 19.5. The van der Waals surface area contributed by atoms with Crippen LogP contribution in [0.3, 0.4) is 0 Å². The van der Waals surface area contributed by atoms with Crippen LogP contribution in [-0.4, -0.2) is 26.5 Å². The molecule has 0 atom stereocenters. The molecule has 0 saturated carbocycles. The number of hydrogen-bond acceptors (Lipinski definition) is 6. The Bertz CT molecular complexity index is 956. The van der Waals surface area contributed by atoms with E-state index in [0.29, 0.717) is 29.2 Å². The van der Waals surface area contributed by atoms with Gasteiger partial charge >= 0.3 is 5.97 Å². The third kappa shape index (κ3) is 4.72. The van der Waals surface area contributed by atoms with E-state index in [1.165, 1.54) is 0 Å². The SMILES string of the molecule is CN(C)c1c(OC=O)cccc1C(=O)Oc1ccc(Sc2ccccc2)cc1. The number of rotatable bonds is 7. The second kappa shape index (κ2) is 9.10. The number of anilines is 1.